The van der Waals surface area contributed by atoms with Gasteiger partial charge in [0.25, 0.3) is 0 Å². The van der Waals surface area contributed by atoms with Crippen LogP contribution in [0.5, 0.6) is 11.5 Å². The zero-order valence-corrected chi connectivity index (χ0v) is 21.1. The molecule has 9 nitrogen and oxygen atoms in total. The highest BCUT2D eigenvalue weighted by atomic mass is 35.5. The molecule has 0 spiro atoms. The van der Waals surface area contributed by atoms with Crippen molar-refractivity contribution < 1.29 is 21.9 Å². The first-order valence-electron chi connectivity index (χ1n) is 11.1. The number of anilines is 1. The fraction of sp³-hybridized carbons (Fsp3) is 0.348. The lowest BCUT2D eigenvalue weighted by atomic mass is 10.2. The van der Waals surface area contributed by atoms with E-state index in [9.17, 15) is 13.2 Å². The number of nitrogens with one attached hydrogen (secondary N) is 1. The van der Waals surface area contributed by atoms with E-state index in [-0.39, 0.29) is 21.4 Å². The Balaban J connectivity index is 1.21. The zero-order chi connectivity index (χ0) is 25.0. The smallest absolute Gasteiger partial charge is 0.446 e. The van der Waals surface area contributed by atoms with Gasteiger partial charge in [0, 0.05) is 38.3 Å². The summed E-state index contributed by atoms with van der Waals surface area (Å²) in [6, 6.07) is 12.0. The quantitative estimate of drug-likeness (QED) is 0.308. The molecule has 2 heterocycles. The SMILES string of the molecule is O=c1ccc2ccc(OCCCCN3CCN(c4ccc(OS(=O)(=O)O)c(Cl)c4Cl)CC3)cc2[nH]1. The number of hydrogen-bond donors (Lipinski definition) is 2. The van der Waals surface area contributed by atoms with Crippen LogP contribution in [0.25, 0.3) is 10.9 Å². The van der Waals surface area contributed by atoms with Crippen LogP contribution in [0.3, 0.4) is 0 Å². The van der Waals surface area contributed by atoms with E-state index in [0.717, 1.165) is 62.2 Å². The van der Waals surface area contributed by atoms with Crippen LogP contribution in [0.15, 0.2) is 47.3 Å². The minimum absolute atomic E-state index is 0.0676. The highest BCUT2D eigenvalue weighted by Gasteiger charge is 2.22. The number of H-pyrrole nitrogens is 1. The van der Waals surface area contributed by atoms with Crippen LogP contribution in [0, 0.1) is 0 Å². The lowest BCUT2D eigenvalue weighted by Gasteiger charge is -2.36. The zero-order valence-electron chi connectivity index (χ0n) is 18.7. The Hall–Kier alpha value is -2.50. The molecule has 1 aliphatic rings. The Kier molecular flexibility index (Phi) is 8.08. The molecule has 3 aromatic rings. The molecule has 1 saturated heterocycles. The molecule has 0 saturated carbocycles. The number of halogens is 2. The van der Waals surface area contributed by atoms with Gasteiger partial charge in [0.2, 0.25) is 5.56 Å². The Labute approximate surface area is 213 Å². The third kappa shape index (κ3) is 6.80. The van der Waals surface area contributed by atoms with Gasteiger partial charge in [-0.2, -0.15) is 8.42 Å². The van der Waals surface area contributed by atoms with Crippen molar-refractivity contribution in [1.29, 1.82) is 0 Å². The fourth-order valence-corrected chi connectivity index (χ4v) is 4.89. The first-order chi connectivity index (χ1) is 16.7. The van der Waals surface area contributed by atoms with E-state index >= 15 is 0 Å². The molecule has 12 heteroatoms. The number of fused-ring (bicyclic) bond motifs is 1. The molecule has 2 aromatic carbocycles. The number of ether oxygens (including phenoxy) is 1. The van der Waals surface area contributed by atoms with Crippen molar-refractivity contribution in [3.05, 3.63) is 62.9 Å². The minimum atomic E-state index is -4.69. The first-order valence-corrected chi connectivity index (χ1v) is 13.2. The van der Waals surface area contributed by atoms with Crippen molar-refractivity contribution in [2.45, 2.75) is 12.8 Å². The molecule has 0 amide bonds. The minimum Gasteiger partial charge on any atom is -0.494 e. The number of hydrogen-bond acceptors (Lipinski definition) is 7. The highest BCUT2D eigenvalue weighted by Crippen LogP contribution is 2.40. The van der Waals surface area contributed by atoms with Crippen molar-refractivity contribution in [3.63, 3.8) is 0 Å². The van der Waals surface area contributed by atoms with E-state index in [1.165, 1.54) is 12.1 Å². The van der Waals surface area contributed by atoms with Crippen molar-refractivity contribution in [3.8, 4) is 11.5 Å². The monoisotopic (exact) mass is 541 g/mol. The maximum atomic E-state index is 11.5. The topological polar surface area (TPSA) is 112 Å². The number of piperazine rings is 1. The second-order valence-electron chi connectivity index (χ2n) is 8.18. The molecule has 2 N–H and O–H groups in total. The van der Waals surface area contributed by atoms with Crippen molar-refractivity contribution >= 4 is 50.2 Å². The van der Waals surface area contributed by atoms with E-state index in [2.05, 4.69) is 19.0 Å². The van der Waals surface area contributed by atoms with Gasteiger partial charge >= 0.3 is 10.4 Å². The Morgan fingerprint density at radius 3 is 2.46 bits per heavy atom. The summed E-state index contributed by atoms with van der Waals surface area (Å²) in [7, 11) is -4.69. The number of aromatic nitrogens is 1. The number of pyridine rings is 1. The number of nitrogens with zero attached hydrogens (tertiary/aromatic N) is 2. The first kappa shape index (κ1) is 25.6. The van der Waals surface area contributed by atoms with Crippen molar-refractivity contribution in [2.75, 3.05) is 44.2 Å². The van der Waals surface area contributed by atoms with Crippen LogP contribution in [0.1, 0.15) is 12.8 Å². The molecule has 1 aromatic heterocycles. The predicted molar refractivity (Wildman–Crippen MR) is 137 cm³/mol. The summed E-state index contributed by atoms with van der Waals surface area (Å²) < 4.78 is 41.0. The van der Waals surface area contributed by atoms with Crippen LogP contribution >= 0.6 is 23.2 Å². The highest BCUT2D eigenvalue weighted by molar-refractivity contribution is 7.81. The van der Waals surface area contributed by atoms with Gasteiger partial charge in [0.05, 0.1) is 22.8 Å². The third-order valence-electron chi connectivity index (χ3n) is 5.77. The second-order valence-corrected chi connectivity index (χ2v) is 9.96. The van der Waals surface area contributed by atoms with Gasteiger partial charge in [-0.25, -0.2) is 0 Å². The maximum Gasteiger partial charge on any atom is 0.446 e. The fourth-order valence-electron chi connectivity index (χ4n) is 4.00. The van der Waals surface area contributed by atoms with Crippen LogP contribution in [-0.2, 0) is 10.4 Å². The van der Waals surface area contributed by atoms with Crippen LogP contribution in [-0.4, -0.2) is 62.2 Å². The third-order valence-corrected chi connectivity index (χ3v) is 7.01. The molecule has 188 valence electrons. The molecule has 4 rings (SSSR count). The molecule has 0 radical (unpaired) electrons. The van der Waals surface area contributed by atoms with E-state index in [1.54, 1.807) is 12.1 Å². The summed E-state index contributed by atoms with van der Waals surface area (Å²) in [5, 5.41) is 1.07. The number of unbranched alkanes of at least 4 members (excludes halogenated alkanes) is 1. The van der Waals surface area contributed by atoms with E-state index in [1.807, 2.05) is 18.2 Å². The van der Waals surface area contributed by atoms with Crippen molar-refractivity contribution in [2.24, 2.45) is 0 Å². The van der Waals surface area contributed by atoms with Gasteiger partial charge in [-0.05, 0) is 55.1 Å². The van der Waals surface area contributed by atoms with E-state index in [0.29, 0.717) is 12.3 Å². The van der Waals surface area contributed by atoms with Gasteiger partial charge in [-0.15, -0.1) is 0 Å². The Morgan fingerprint density at radius 1 is 0.971 bits per heavy atom. The molecule has 1 aliphatic heterocycles. The van der Waals surface area contributed by atoms with Crippen molar-refractivity contribution in [1.82, 2.24) is 9.88 Å². The summed E-state index contributed by atoms with van der Waals surface area (Å²) in [6.45, 7) is 4.69. The normalized spacial score (nSPS) is 14.9. The lowest BCUT2D eigenvalue weighted by molar-refractivity contribution is 0.238. The molecule has 35 heavy (non-hydrogen) atoms. The summed E-state index contributed by atoms with van der Waals surface area (Å²) in [5.74, 6) is 0.511. The van der Waals surface area contributed by atoms with E-state index < -0.39 is 10.4 Å². The van der Waals surface area contributed by atoms with Gasteiger partial charge in [-0.1, -0.05) is 23.2 Å². The average Bonchev–Trinajstić information content (AvgIpc) is 2.81. The molecular weight excluding hydrogens is 517 g/mol. The molecule has 0 atom stereocenters. The van der Waals surface area contributed by atoms with Crippen LogP contribution < -0.4 is 19.4 Å². The molecule has 1 fully saturated rings. The summed E-state index contributed by atoms with van der Waals surface area (Å²) in [4.78, 5) is 18.7. The summed E-state index contributed by atoms with van der Waals surface area (Å²) >= 11 is 12.5. The van der Waals surface area contributed by atoms with Gasteiger partial charge in [-0.3, -0.25) is 14.2 Å². The van der Waals surface area contributed by atoms with Gasteiger partial charge in [0.15, 0.2) is 5.75 Å². The standard InChI is InChI=1S/C23H25Cl2N3O6S/c24-22-19(6-7-20(23(22)25)34-35(30,31)32)28-12-10-27(11-13-28)9-1-2-14-33-17-5-3-16-4-8-21(29)26-18(16)15-17/h3-8,15H,1-2,9-14H2,(H,26,29)(H,30,31,32). The maximum absolute atomic E-state index is 11.5. The molecule has 0 unspecified atom stereocenters. The van der Waals surface area contributed by atoms with Gasteiger partial charge < -0.3 is 18.8 Å². The molecular formula is C23H25Cl2N3O6S. The van der Waals surface area contributed by atoms with Crippen LogP contribution in [0.4, 0.5) is 5.69 Å². The number of rotatable bonds is 9. The summed E-state index contributed by atoms with van der Waals surface area (Å²) in [5.41, 5.74) is 1.31. The van der Waals surface area contributed by atoms with Gasteiger partial charge in [0.1, 0.15) is 10.8 Å². The number of aromatic amines is 1. The molecule has 0 bridgehead atoms. The largest absolute Gasteiger partial charge is 0.494 e. The lowest BCUT2D eigenvalue weighted by Crippen LogP contribution is -2.46. The Morgan fingerprint density at radius 2 is 1.71 bits per heavy atom. The predicted octanol–water partition coefficient (Wildman–Crippen LogP) is 4.00. The summed E-state index contributed by atoms with van der Waals surface area (Å²) in [6.07, 6.45) is 1.89. The van der Waals surface area contributed by atoms with E-state index in [4.69, 9.17) is 32.5 Å². The second kappa shape index (κ2) is 11.0. The molecule has 0 aliphatic carbocycles. The Bertz CT molecular complexity index is 1360. The number of benzene rings is 2. The van der Waals surface area contributed by atoms with Crippen LogP contribution in [0.2, 0.25) is 10.0 Å². The average molecular weight is 542 g/mol.